The number of hydrogen-bond acceptors (Lipinski definition) is 4. The first-order valence-corrected chi connectivity index (χ1v) is 8.99. The molecule has 1 N–H and O–H groups in total. The maximum atomic E-state index is 12.6. The number of carbonyl (C=O) groups is 2. The van der Waals surface area contributed by atoms with Gasteiger partial charge in [-0.15, -0.1) is 0 Å². The molecule has 2 aliphatic rings. The average molecular weight is 347 g/mol. The lowest BCUT2D eigenvalue weighted by Crippen LogP contribution is -2.41. The summed E-state index contributed by atoms with van der Waals surface area (Å²) in [5, 5.41) is 9.05. The van der Waals surface area contributed by atoms with E-state index < -0.39 is 5.97 Å². The van der Waals surface area contributed by atoms with E-state index in [1.54, 1.807) is 17.0 Å². The molecular formula is C19H25NO5. The average Bonchev–Trinajstić information content (AvgIpc) is 2.67. The highest BCUT2D eigenvalue weighted by molar-refractivity contribution is 5.97. The van der Waals surface area contributed by atoms with Crippen molar-refractivity contribution in [3.05, 3.63) is 35.4 Å². The van der Waals surface area contributed by atoms with E-state index in [0.29, 0.717) is 25.3 Å². The third kappa shape index (κ3) is 4.80. The molecular weight excluding hydrogens is 322 g/mol. The molecule has 0 aliphatic carbocycles. The summed E-state index contributed by atoms with van der Waals surface area (Å²) >= 11 is 0. The monoisotopic (exact) mass is 347 g/mol. The molecule has 0 saturated carbocycles. The molecule has 2 fully saturated rings. The second-order valence-corrected chi connectivity index (χ2v) is 6.70. The number of carbonyl (C=O) groups excluding carboxylic acids is 1. The molecule has 1 aromatic rings. The fourth-order valence-corrected chi connectivity index (χ4v) is 3.38. The molecule has 6 nitrogen and oxygen atoms in total. The number of carboxylic acid groups (broad SMARTS) is 1. The maximum absolute atomic E-state index is 12.6. The lowest BCUT2D eigenvalue weighted by atomic mass is 10.0. The van der Waals surface area contributed by atoms with E-state index in [0.717, 1.165) is 32.3 Å². The first kappa shape index (κ1) is 17.9. The highest BCUT2D eigenvalue weighted by atomic mass is 16.5. The smallest absolute Gasteiger partial charge is 0.335 e. The summed E-state index contributed by atoms with van der Waals surface area (Å²) in [4.78, 5) is 25.4. The van der Waals surface area contributed by atoms with Crippen molar-refractivity contribution in [3.8, 4) is 0 Å². The Morgan fingerprint density at radius 2 is 1.92 bits per heavy atom. The molecule has 0 spiro atoms. The van der Waals surface area contributed by atoms with Crippen molar-refractivity contribution in [2.24, 2.45) is 0 Å². The summed E-state index contributed by atoms with van der Waals surface area (Å²) in [6.45, 7) is 2.73. The van der Waals surface area contributed by atoms with Crippen molar-refractivity contribution in [3.63, 3.8) is 0 Å². The van der Waals surface area contributed by atoms with Crippen LogP contribution in [0.5, 0.6) is 0 Å². The van der Waals surface area contributed by atoms with Gasteiger partial charge in [0.25, 0.3) is 5.91 Å². The molecule has 6 heteroatoms. The van der Waals surface area contributed by atoms with Crippen molar-refractivity contribution < 1.29 is 24.2 Å². The predicted molar refractivity (Wildman–Crippen MR) is 91.9 cm³/mol. The van der Waals surface area contributed by atoms with E-state index in [-0.39, 0.29) is 23.7 Å². The number of carboxylic acids is 1. The summed E-state index contributed by atoms with van der Waals surface area (Å²) in [5.74, 6) is -1.14. The second kappa shape index (κ2) is 8.45. The third-order valence-electron chi connectivity index (χ3n) is 4.88. The molecule has 2 aliphatic heterocycles. The third-order valence-corrected chi connectivity index (χ3v) is 4.88. The van der Waals surface area contributed by atoms with Crippen LogP contribution in [-0.4, -0.2) is 60.4 Å². The Morgan fingerprint density at radius 3 is 2.60 bits per heavy atom. The van der Waals surface area contributed by atoms with Crippen LogP contribution in [0.25, 0.3) is 0 Å². The standard InChI is InChI=1S/C19H25NO5/c21-18(14-4-3-5-15(12-14)19(22)23)20-9-7-16(8-10-20)25-13-17-6-1-2-11-24-17/h3-5,12,16-17H,1-2,6-11,13H2,(H,22,23)/t17-/m1/s1. The summed E-state index contributed by atoms with van der Waals surface area (Å²) in [6, 6.07) is 6.20. The summed E-state index contributed by atoms with van der Waals surface area (Å²) in [6.07, 6.45) is 5.40. The van der Waals surface area contributed by atoms with Gasteiger partial charge in [0.1, 0.15) is 0 Å². The topological polar surface area (TPSA) is 76.1 Å². The molecule has 2 heterocycles. The Bertz CT molecular complexity index is 604. The van der Waals surface area contributed by atoms with Crippen LogP contribution in [0.4, 0.5) is 0 Å². The molecule has 25 heavy (non-hydrogen) atoms. The van der Waals surface area contributed by atoms with Gasteiger partial charge in [0.15, 0.2) is 0 Å². The Balaban J connectivity index is 1.47. The zero-order chi connectivity index (χ0) is 17.6. The van der Waals surface area contributed by atoms with Crippen LogP contribution in [-0.2, 0) is 9.47 Å². The molecule has 2 saturated heterocycles. The van der Waals surface area contributed by atoms with Gasteiger partial charge in [0.2, 0.25) is 0 Å². The fourth-order valence-electron chi connectivity index (χ4n) is 3.38. The number of benzene rings is 1. The number of hydrogen-bond donors (Lipinski definition) is 1. The Kier molecular flexibility index (Phi) is 6.04. The molecule has 136 valence electrons. The molecule has 3 rings (SSSR count). The van der Waals surface area contributed by atoms with Gasteiger partial charge in [-0.1, -0.05) is 6.07 Å². The van der Waals surface area contributed by atoms with E-state index in [4.69, 9.17) is 14.6 Å². The van der Waals surface area contributed by atoms with Gasteiger partial charge in [0.05, 0.1) is 24.4 Å². The zero-order valence-corrected chi connectivity index (χ0v) is 14.4. The highest BCUT2D eigenvalue weighted by Crippen LogP contribution is 2.19. The quantitative estimate of drug-likeness (QED) is 0.886. The summed E-state index contributed by atoms with van der Waals surface area (Å²) < 4.78 is 11.6. The van der Waals surface area contributed by atoms with Crippen molar-refractivity contribution >= 4 is 11.9 Å². The molecule has 0 radical (unpaired) electrons. The van der Waals surface area contributed by atoms with E-state index in [9.17, 15) is 9.59 Å². The van der Waals surface area contributed by atoms with E-state index in [1.807, 2.05) is 0 Å². The molecule has 1 amide bonds. The number of aromatic carboxylic acids is 1. The van der Waals surface area contributed by atoms with Crippen molar-refractivity contribution in [1.29, 1.82) is 0 Å². The lowest BCUT2D eigenvalue weighted by molar-refractivity contribution is -0.0733. The normalized spacial score (nSPS) is 21.9. The van der Waals surface area contributed by atoms with Crippen molar-refractivity contribution in [2.75, 3.05) is 26.3 Å². The molecule has 1 atom stereocenters. The highest BCUT2D eigenvalue weighted by Gasteiger charge is 2.25. The van der Waals surface area contributed by atoms with Gasteiger partial charge < -0.3 is 19.5 Å². The van der Waals surface area contributed by atoms with Crippen LogP contribution in [0.1, 0.15) is 52.8 Å². The van der Waals surface area contributed by atoms with Crippen LogP contribution in [0.15, 0.2) is 24.3 Å². The Hall–Kier alpha value is -1.92. The van der Waals surface area contributed by atoms with Crippen LogP contribution >= 0.6 is 0 Å². The summed E-state index contributed by atoms with van der Waals surface area (Å²) in [7, 11) is 0. The van der Waals surface area contributed by atoms with Crippen LogP contribution in [0.2, 0.25) is 0 Å². The minimum atomic E-state index is -1.02. The van der Waals surface area contributed by atoms with E-state index in [1.165, 1.54) is 18.6 Å². The number of rotatable bonds is 5. The van der Waals surface area contributed by atoms with Gasteiger partial charge in [-0.2, -0.15) is 0 Å². The largest absolute Gasteiger partial charge is 0.478 e. The van der Waals surface area contributed by atoms with Gasteiger partial charge >= 0.3 is 5.97 Å². The number of ether oxygens (including phenoxy) is 2. The Labute approximate surface area is 147 Å². The molecule has 0 unspecified atom stereocenters. The van der Waals surface area contributed by atoms with Gasteiger partial charge in [-0.3, -0.25) is 4.79 Å². The molecule has 0 bridgehead atoms. The molecule has 1 aromatic carbocycles. The lowest BCUT2D eigenvalue weighted by Gasteiger charge is -2.33. The summed E-state index contributed by atoms with van der Waals surface area (Å²) in [5.41, 5.74) is 0.562. The van der Waals surface area contributed by atoms with Gasteiger partial charge in [-0.05, 0) is 50.3 Å². The predicted octanol–water partition coefficient (Wildman–Crippen LogP) is 2.58. The first-order valence-electron chi connectivity index (χ1n) is 8.99. The number of nitrogens with zero attached hydrogens (tertiary/aromatic N) is 1. The SMILES string of the molecule is O=C(O)c1cccc(C(=O)N2CCC(OC[C@H]3CCCCO3)CC2)c1. The minimum absolute atomic E-state index is 0.114. The van der Waals surface area contributed by atoms with Crippen molar-refractivity contribution in [1.82, 2.24) is 4.90 Å². The zero-order valence-electron chi connectivity index (χ0n) is 14.4. The maximum Gasteiger partial charge on any atom is 0.335 e. The number of amides is 1. The van der Waals surface area contributed by atoms with Gasteiger partial charge in [0, 0.05) is 25.3 Å². The van der Waals surface area contributed by atoms with E-state index >= 15 is 0 Å². The van der Waals surface area contributed by atoms with Crippen molar-refractivity contribution in [2.45, 2.75) is 44.3 Å². The first-order chi connectivity index (χ1) is 12.1. The Morgan fingerprint density at radius 1 is 1.16 bits per heavy atom. The number of likely N-dealkylation sites (tertiary alicyclic amines) is 1. The fraction of sp³-hybridized carbons (Fsp3) is 0.579. The van der Waals surface area contributed by atoms with Crippen LogP contribution in [0, 0.1) is 0 Å². The van der Waals surface area contributed by atoms with Crippen LogP contribution < -0.4 is 0 Å². The number of piperidine rings is 1. The van der Waals surface area contributed by atoms with Crippen LogP contribution in [0.3, 0.4) is 0 Å². The minimum Gasteiger partial charge on any atom is -0.478 e. The van der Waals surface area contributed by atoms with E-state index in [2.05, 4.69) is 0 Å². The second-order valence-electron chi connectivity index (χ2n) is 6.70. The molecule has 0 aromatic heterocycles. The van der Waals surface area contributed by atoms with Gasteiger partial charge in [-0.25, -0.2) is 4.79 Å².